The van der Waals surface area contributed by atoms with Gasteiger partial charge in [0.15, 0.2) is 0 Å². The summed E-state index contributed by atoms with van der Waals surface area (Å²) >= 11 is 0. The van der Waals surface area contributed by atoms with E-state index in [1.54, 1.807) is 0 Å². The summed E-state index contributed by atoms with van der Waals surface area (Å²) in [6.45, 7) is 6.95. The number of likely N-dealkylation sites (tertiary alicyclic amines) is 1. The predicted octanol–water partition coefficient (Wildman–Crippen LogP) is 1.72. The predicted molar refractivity (Wildman–Crippen MR) is 84.1 cm³/mol. The number of carboxylic acid groups (broad SMARTS) is 2. The lowest BCUT2D eigenvalue weighted by Gasteiger charge is -2.15. The largest absolute Gasteiger partial charge is 0.494 e. The Morgan fingerprint density at radius 3 is 1.91 bits per heavy atom. The van der Waals surface area contributed by atoms with Gasteiger partial charge in [0.25, 0.3) is 0 Å². The smallest absolute Gasteiger partial charge is 0.414 e. The maximum atomic E-state index is 9.10. The van der Waals surface area contributed by atoms with E-state index in [2.05, 4.69) is 4.90 Å². The molecule has 1 heterocycles. The Bertz CT molecular complexity index is 470. The van der Waals surface area contributed by atoms with Crippen molar-refractivity contribution in [2.75, 3.05) is 32.8 Å². The van der Waals surface area contributed by atoms with Gasteiger partial charge >= 0.3 is 11.9 Å². The van der Waals surface area contributed by atoms with E-state index in [1.165, 1.54) is 25.9 Å². The van der Waals surface area contributed by atoms with Gasteiger partial charge in [-0.05, 0) is 57.1 Å². The maximum Gasteiger partial charge on any atom is 0.414 e. The molecule has 2 rings (SSSR count). The van der Waals surface area contributed by atoms with Gasteiger partial charge in [0, 0.05) is 6.54 Å². The summed E-state index contributed by atoms with van der Waals surface area (Å²) in [5, 5.41) is 14.8. The van der Waals surface area contributed by atoms with Crippen LogP contribution in [0.15, 0.2) is 24.3 Å². The van der Waals surface area contributed by atoms with Gasteiger partial charge in [0.2, 0.25) is 0 Å². The summed E-state index contributed by atoms with van der Waals surface area (Å²) in [7, 11) is 0. The highest BCUT2D eigenvalue weighted by atomic mass is 16.5. The van der Waals surface area contributed by atoms with Gasteiger partial charge in [-0.1, -0.05) is 0 Å². The summed E-state index contributed by atoms with van der Waals surface area (Å²) in [6.07, 6.45) is 2.67. The molecule has 23 heavy (non-hydrogen) atoms. The molecule has 0 atom stereocenters. The number of aliphatic carboxylic acids is 2. The fraction of sp³-hybridized carbons (Fsp3) is 0.500. The van der Waals surface area contributed by atoms with Crippen molar-refractivity contribution in [3.8, 4) is 11.5 Å². The van der Waals surface area contributed by atoms with E-state index in [1.807, 2.05) is 31.2 Å². The molecule has 7 heteroatoms. The molecular weight excluding hydrogens is 302 g/mol. The van der Waals surface area contributed by atoms with E-state index < -0.39 is 11.9 Å². The van der Waals surface area contributed by atoms with Gasteiger partial charge < -0.3 is 19.7 Å². The minimum absolute atomic E-state index is 0.704. The number of hydrogen-bond donors (Lipinski definition) is 2. The van der Waals surface area contributed by atoms with Crippen LogP contribution in [0.25, 0.3) is 0 Å². The van der Waals surface area contributed by atoms with E-state index >= 15 is 0 Å². The molecule has 0 radical (unpaired) electrons. The molecular formula is C16H23NO6. The zero-order valence-corrected chi connectivity index (χ0v) is 13.2. The molecule has 0 amide bonds. The summed E-state index contributed by atoms with van der Waals surface area (Å²) in [4.78, 5) is 20.7. The average Bonchev–Trinajstić information content (AvgIpc) is 3.03. The Morgan fingerprint density at radius 2 is 1.48 bits per heavy atom. The van der Waals surface area contributed by atoms with Gasteiger partial charge in [-0.3, -0.25) is 4.90 Å². The van der Waals surface area contributed by atoms with Crippen LogP contribution in [0, 0.1) is 0 Å². The van der Waals surface area contributed by atoms with E-state index in [-0.39, 0.29) is 0 Å². The number of hydrogen-bond acceptors (Lipinski definition) is 5. The second-order valence-electron chi connectivity index (χ2n) is 4.91. The molecule has 1 aliphatic heterocycles. The van der Waals surface area contributed by atoms with Gasteiger partial charge in [-0.2, -0.15) is 0 Å². The van der Waals surface area contributed by atoms with E-state index in [4.69, 9.17) is 29.3 Å². The number of benzene rings is 1. The van der Waals surface area contributed by atoms with Crippen molar-refractivity contribution in [3.63, 3.8) is 0 Å². The van der Waals surface area contributed by atoms with E-state index in [0.29, 0.717) is 6.61 Å². The van der Waals surface area contributed by atoms with Crippen LogP contribution in [0.2, 0.25) is 0 Å². The normalized spacial score (nSPS) is 13.8. The highest BCUT2D eigenvalue weighted by Crippen LogP contribution is 2.17. The Labute approximate surface area is 135 Å². The molecule has 0 spiro atoms. The standard InChI is InChI=1S/C14H21NO2.C2H2O4/c1-2-16-13-5-7-14(8-6-13)17-12-11-15-9-3-4-10-15;3-1(4)2(5)6/h5-8H,2-4,9-12H2,1H3;(H,3,4)(H,5,6). The van der Waals surface area contributed by atoms with Crippen molar-refractivity contribution in [3.05, 3.63) is 24.3 Å². The van der Waals surface area contributed by atoms with Crippen LogP contribution in [0.4, 0.5) is 0 Å². The molecule has 0 bridgehead atoms. The maximum absolute atomic E-state index is 9.10. The van der Waals surface area contributed by atoms with Crippen LogP contribution in [0.5, 0.6) is 11.5 Å². The minimum Gasteiger partial charge on any atom is -0.494 e. The number of rotatable bonds is 6. The van der Waals surface area contributed by atoms with Crippen molar-refractivity contribution in [2.24, 2.45) is 0 Å². The van der Waals surface area contributed by atoms with Crippen LogP contribution >= 0.6 is 0 Å². The third-order valence-electron chi connectivity index (χ3n) is 3.19. The molecule has 0 aliphatic carbocycles. The second-order valence-corrected chi connectivity index (χ2v) is 4.91. The molecule has 1 fully saturated rings. The van der Waals surface area contributed by atoms with Crippen LogP contribution in [-0.2, 0) is 9.59 Å². The quantitative estimate of drug-likeness (QED) is 0.769. The van der Waals surface area contributed by atoms with Crippen LogP contribution < -0.4 is 9.47 Å². The highest BCUT2D eigenvalue weighted by Gasteiger charge is 2.10. The molecule has 7 nitrogen and oxygen atoms in total. The average molecular weight is 325 g/mol. The summed E-state index contributed by atoms with van der Waals surface area (Å²) in [6, 6.07) is 7.84. The first-order chi connectivity index (χ1) is 11.0. The van der Waals surface area contributed by atoms with Crippen LogP contribution in [-0.4, -0.2) is 59.9 Å². The number of ether oxygens (including phenoxy) is 2. The number of carbonyl (C=O) groups is 2. The molecule has 0 aromatic heterocycles. The topological polar surface area (TPSA) is 96.3 Å². The van der Waals surface area contributed by atoms with Gasteiger partial charge in [0.05, 0.1) is 6.61 Å². The van der Waals surface area contributed by atoms with Gasteiger partial charge in [-0.25, -0.2) is 9.59 Å². The molecule has 1 saturated heterocycles. The van der Waals surface area contributed by atoms with Crippen molar-refractivity contribution >= 4 is 11.9 Å². The highest BCUT2D eigenvalue weighted by molar-refractivity contribution is 6.27. The Kier molecular flexibility index (Phi) is 8.52. The molecule has 128 valence electrons. The van der Waals surface area contributed by atoms with Crippen molar-refractivity contribution in [2.45, 2.75) is 19.8 Å². The summed E-state index contributed by atoms with van der Waals surface area (Å²) in [5.74, 6) is -1.82. The lowest BCUT2D eigenvalue weighted by atomic mass is 10.3. The number of nitrogens with zero attached hydrogens (tertiary/aromatic N) is 1. The SMILES string of the molecule is CCOc1ccc(OCCN2CCCC2)cc1.O=C(O)C(=O)O. The third kappa shape index (κ3) is 8.06. The summed E-state index contributed by atoms with van der Waals surface area (Å²) < 4.78 is 11.1. The monoisotopic (exact) mass is 325 g/mol. The first-order valence-corrected chi connectivity index (χ1v) is 7.57. The van der Waals surface area contributed by atoms with Crippen molar-refractivity contribution < 1.29 is 29.3 Å². The molecule has 0 unspecified atom stereocenters. The van der Waals surface area contributed by atoms with Gasteiger partial charge in [-0.15, -0.1) is 0 Å². The molecule has 1 aromatic carbocycles. The van der Waals surface area contributed by atoms with E-state index in [9.17, 15) is 0 Å². The molecule has 0 saturated carbocycles. The van der Waals surface area contributed by atoms with Crippen molar-refractivity contribution in [1.29, 1.82) is 0 Å². The first-order valence-electron chi connectivity index (χ1n) is 7.57. The van der Waals surface area contributed by atoms with Crippen molar-refractivity contribution in [1.82, 2.24) is 4.90 Å². The Balaban J connectivity index is 0.000000379. The van der Waals surface area contributed by atoms with Crippen LogP contribution in [0.1, 0.15) is 19.8 Å². The van der Waals surface area contributed by atoms with Crippen LogP contribution in [0.3, 0.4) is 0 Å². The second kappa shape index (κ2) is 10.4. The fourth-order valence-corrected chi connectivity index (χ4v) is 2.10. The lowest BCUT2D eigenvalue weighted by molar-refractivity contribution is -0.159. The molecule has 2 N–H and O–H groups in total. The molecule has 1 aromatic rings. The first kappa shape index (κ1) is 18.8. The fourth-order valence-electron chi connectivity index (χ4n) is 2.10. The minimum atomic E-state index is -1.82. The zero-order valence-electron chi connectivity index (χ0n) is 13.2. The molecule has 1 aliphatic rings. The number of carboxylic acids is 2. The summed E-state index contributed by atoms with van der Waals surface area (Å²) in [5.41, 5.74) is 0. The third-order valence-corrected chi connectivity index (χ3v) is 3.19. The Hall–Kier alpha value is -2.28. The van der Waals surface area contributed by atoms with E-state index in [0.717, 1.165) is 24.7 Å². The zero-order chi connectivity index (χ0) is 17.1. The Morgan fingerprint density at radius 1 is 1.00 bits per heavy atom. The van der Waals surface area contributed by atoms with Gasteiger partial charge in [0.1, 0.15) is 18.1 Å². The lowest BCUT2D eigenvalue weighted by Crippen LogP contribution is -2.25.